The van der Waals surface area contributed by atoms with E-state index in [2.05, 4.69) is 10.3 Å². The number of carbonyl (C=O) groups excluding carboxylic acids is 1. The fraction of sp³-hybridized carbons (Fsp3) is 0.250. The minimum atomic E-state index is -0.607. The molecule has 1 aromatic heterocycles. The first kappa shape index (κ1) is 14.2. The molecule has 0 spiro atoms. The van der Waals surface area contributed by atoms with Crippen LogP contribution in [0.5, 0.6) is 0 Å². The summed E-state index contributed by atoms with van der Waals surface area (Å²) in [6, 6.07) is 11.1. The summed E-state index contributed by atoms with van der Waals surface area (Å²) in [4.78, 5) is 16.0. The maximum Gasteiger partial charge on any atom is 0.224 e. The summed E-state index contributed by atoms with van der Waals surface area (Å²) in [7, 11) is 0. The van der Waals surface area contributed by atoms with Gasteiger partial charge in [0.2, 0.25) is 5.91 Å². The van der Waals surface area contributed by atoms with Gasteiger partial charge in [-0.05, 0) is 31.0 Å². The number of aromatic nitrogens is 1. The molecule has 2 aromatic rings. The van der Waals surface area contributed by atoms with Crippen molar-refractivity contribution in [3.05, 3.63) is 59.9 Å². The van der Waals surface area contributed by atoms with Crippen LogP contribution in [-0.4, -0.2) is 16.0 Å². The number of anilines is 1. The van der Waals surface area contributed by atoms with Crippen molar-refractivity contribution in [1.29, 1.82) is 0 Å². The molecular weight excluding hydrogens is 252 g/mol. The predicted molar refractivity (Wildman–Crippen MR) is 78.3 cm³/mol. The van der Waals surface area contributed by atoms with Crippen LogP contribution in [0.15, 0.2) is 48.8 Å². The minimum Gasteiger partial charge on any atom is -0.389 e. The smallest absolute Gasteiger partial charge is 0.224 e. The van der Waals surface area contributed by atoms with Gasteiger partial charge in [0, 0.05) is 30.1 Å². The van der Waals surface area contributed by atoms with Gasteiger partial charge in [-0.2, -0.15) is 0 Å². The first-order chi connectivity index (χ1) is 9.66. The van der Waals surface area contributed by atoms with Gasteiger partial charge in [0.1, 0.15) is 0 Å². The Bertz CT molecular complexity index is 568. The van der Waals surface area contributed by atoms with E-state index in [4.69, 9.17) is 0 Å². The highest BCUT2D eigenvalue weighted by Gasteiger charge is 2.10. The molecule has 1 amide bonds. The number of rotatable bonds is 5. The second-order valence-electron chi connectivity index (χ2n) is 4.67. The number of hydrogen-bond donors (Lipinski definition) is 2. The van der Waals surface area contributed by atoms with E-state index in [-0.39, 0.29) is 5.91 Å². The number of pyridine rings is 1. The number of nitrogens with one attached hydrogen (secondary N) is 1. The lowest BCUT2D eigenvalue weighted by atomic mass is 10.1. The lowest BCUT2D eigenvalue weighted by Gasteiger charge is -2.12. The molecule has 0 saturated heterocycles. The molecule has 2 rings (SSSR count). The maximum absolute atomic E-state index is 11.9. The Morgan fingerprint density at radius 2 is 2.10 bits per heavy atom. The molecule has 4 heteroatoms. The molecule has 0 aliphatic rings. The van der Waals surface area contributed by atoms with E-state index in [0.717, 1.165) is 11.1 Å². The summed E-state index contributed by atoms with van der Waals surface area (Å²) in [5.74, 6) is -0.0676. The molecule has 1 heterocycles. The summed E-state index contributed by atoms with van der Waals surface area (Å²) in [5.41, 5.74) is 2.42. The average molecular weight is 270 g/mol. The highest BCUT2D eigenvalue weighted by atomic mass is 16.3. The zero-order chi connectivity index (χ0) is 14.4. The van der Waals surface area contributed by atoms with Crippen molar-refractivity contribution < 1.29 is 9.90 Å². The number of amides is 1. The largest absolute Gasteiger partial charge is 0.389 e. The highest BCUT2D eigenvalue weighted by molar-refractivity contribution is 5.91. The third-order valence-corrected chi connectivity index (χ3v) is 3.05. The topological polar surface area (TPSA) is 62.2 Å². The second-order valence-corrected chi connectivity index (χ2v) is 4.67. The molecule has 1 atom stereocenters. The van der Waals surface area contributed by atoms with E-state index in [1.807, 2.05) is 24.3 Å². The van der Waals surface area contributed by atoms with E-state index in [9.17, 15) is 9.90 Å². The highest BCUT2D eigenvalue weighted by Crippen LogP contribution is 2.22. The van der Waals surface area contributed by atoms with Gasteiger partial charge in [-0.25, -0.2) is 0 Å². The van der Waals surface area contributed by atoms with Crippen LogP contribution >= 0.6 is 0 Å². The number of hydrogen-bond acceptors (Lipinski definition) is 3. The van der Waals surface area contributed by atoms with Gasteiger partial charge in [0.25, 0.3) is 0 Å². The Balaban J connectivity index is 1.95. The van der Waals surface area contributed by atoms with Crippen LogP contribution in [0.2, 0.25) is 0 Å². The van der Waals surface area contributed by atoms with Crippen molar-refractivity contribution in [2.45, 2.75) is 25.9 Å². The molecule has 2 N–H and O–H groups in total. The molecule has 0 fully saturated rings. The van der Waals surface area contributed by atoms with E-state index in [0.29, 0.717) is 18.5 Å². The number of nitrogens with zero attached hydrogens (tertiary/aromatic N) is 1. The summed E-state index contributed by atoms with van der Waals surface area (Å²) >= 11 is 0. The average Bonchev–Trinajstić information content (AvgIpc) is 2.46. The zero-order valence-electron chi connectivity index (χ0n) is 11.4. The lowest BCUT2D eigenvalue weighted by molar-refractivity contribution is -0.116. The molecule has 0 bridgehead atoms. The molecule has 4 nitrogen and oxygen atoms in total. The van der Waals surface area contributed by atoms with Gasteiger partial charge in [-0.15, -0.1) is 0 Å². The molecule has 104 valence electrons. The SMILES string of the molecule is CC(O)c1ccccc1NC(=O)CCc1cccnc1. The molecule has 0 saturated carbocycles. The van der Waals surface area contributed by atoms with Gasteiger partial charge in [0.05, 0.1) is 6.10 Å². The van der Waals surface area contributed by atoms with Crippen LogP contribution in [0.25, 0.3) is 0 Å². The van der Waals surface area contributed by atoms with Crippen LogP contribution in [0, 0.1) is 0 Å². The van der Waals surface area contributed by atoms with Crippen LogP contribution in [0.4, 0.5) is 5.69 Å². The quantitative estimate of drug-likeness (QED) is 0.878. The van der Waals surface area contributed by atoms with Crippen molar-refractivity contribution >= 4 is 11.6 Å². The summed E-state index contributed by atoms with van der Waals surface area (Å²) < 4.78 is 0. The first-order valence-electron chi connectivity index (χ1n) is 6.62. The normalized spacial score (nSPS) is 11.9. The van der Waals surface area contributed by atoms with Gasteiger partial charge in [-0.3, -0.25) is 9.78 Å². The van der Waals surface area contributed by atoms with Gasteiger partial charge >= 0.3 is 0 Å². The van der Waals surface area contributed by atoms with E-state index < -0.39 is 6.10 Å². The van der Waals surface area contributed by atoms with Gasteiger partial charge in [-0.1, -0.05) is 24.3 Å². The van der Waals surface area contributed by atoms with E-state index >= 15 is 0 Å². The van der Waals surface area contributed by atoms with E-state index in [1.165, 1.54) is 0 Å². The van der Waals surface area contributed by atoms with Crippen molar-refractivity contribution in [2.75, 3.05) is 5.32 Å². The monoisotopic (exact) mass is 270 g/mol. The summed E-state index contributed by atoms with van der Waals surface area (Å²) in [6.45, 7) is 1.68. The van der Waals surface area contributed by atoms with Crippen molar-refractivity contribution in [3.8, 4) is 0 Å². The van der Waals surface area contributed by atoms with Gasteiger partial charge in [0.15, 0.2) is 0 Å². The third kappa shape index (κ3) is 3.90. The molecule has 0 aliphatic heterocycles. The molecular formula is C16H18N2O2. The second kappa shape index (κ2) is 6.82. The Morgan fingerprint density at radius 3 is 2.80 bits per heavy atom. The first-order valence-corrected chi connectivity index (χ1v) is 6.62. The van der Waals surface area contributed by atoms with Crippen LogP contribution in [0.3, 0.4) is 0 Å². The lowest BCUT2D eigenvalue weighted by Crippen LogP contribution is -2.14. The Kier molecular flexibility index (Phi) is 4.85. The minimum absolute atomic E-state index is 0.0676. The van der Waals surface area contributed by atoms with Crippen molar-refractivity contribution in [2.24, 2.45) is 0 Å². The van der Waals surface area contributed by atoms with Crippen molar-refractivity contribution in [3.63, 3.8) is 0 Å². The third-order valence-electron chi connectivity index (χ3n) is 3.05. The Labute approximate surface area is 118 Å². The number of aliphatic hydroxyl groups excluding tert-OH is 1. The fourth-order valence-corrected chi connectivity index (χ4v) is 1.99. The number of aliphatic hydroxyl groups is 1. The number of para-hydroxylation sites is 1. The van der Waals surface area contributed by atoms with Crippen LogP contribution < -0.4 is 5.32 Å². The standard InChI is InChI=1S/C16H18N2O2/c1-12(19)14-6-2-3-7-15(14)18-16(20)9-8-13-5-4-10-17-11-13/h2-7,10-12,19H,8-9H2,1H3,(H,18,20). The van der Waals surface area contributed by atoms with Crippen molar-refractivity contribution in [1.82, 2.24) is 4.98 Å². The summed E-state index contributed by atoms with van der Waals surface area (Å²) in [5, 5.41) is 12.5. The van der Waals surface area contributed by atoms with Crippen LogP contribution in [-0.2, 0) is 11.2 Å². The zero-order valence-corrected chi connectivity index (χ0v) is 11.4. The number of aryl methyl sites for hydroxylation is 1. The Morgan fingerprint density at radius 1 is 1.30 bits per heavy atom. The predicted octanol–water partition coefficient (Wildman–Crippen LogP) is 2.71. The molecule has 0 radical (unpaired) electrons. The number of carbonyl (C=O) groups is 1. The Hall–Kier alpha value is -2.20. The van der Waals surface area contributed by atoms with Crippen LogP contribution in [0.1, 0.15) is 30.6 Å². The molecule has 20 heavy (non-hydrogen) atoms. The van der Waals surface area contributed by atoms with E-state index in [1.54, 1.807) is 31.5 Å². The molecule has 0 aliphatic carbocycles. The summed E-state index contributed by atoms with van der Waals surface area (Å²) in [6.07, 6.45) is 3.90. The van der Waals surface area contributed by atoms with Gasteiger partial charge < -0.3 is 10.4 Å². The number of benzene rings is 1. The fourth-order valence-electron chi connectivity index (χ4n) is 1.99. The molecule has 1 unspecified atom stereocenters. The molecule has 1 aromatic carbocycles. The maximum atomic E-state index is 11.9.